The van der Waals surface area contributed by atoms with Crippen molar-refractivity contribution in [2.24, 2.45) is 4.99 Å². The molecule has 0 saturated carbocycles. The zero-order chi connectivity index (χ0) is 19.3. The second-order valence-corrected chi connectivity index (χ2v) is 8.13. The highest BCUT2D eigenvalue weighted by atomic mass is 79.9. The highest BCUT2D eigenvalue weighted by molar-refractivity contribution is 9.10. The first-order chi connectivity index (χ1) is 12.0. The predicted octanol–water partition coefficient (Wildman–Crippen LogP) is 7.28. The fourth-order valence-corrected chi connectivity index (χ4v) is 3.90. The Hall–Kier alpha value is -0.750. The third-order valence-corrected chi connectivity index (χ3v) is 6.41. The molecule has 1 aliphatic heterocycles. The lowest BCUT2D eigenvalue weighted by Crippen LogP contribution is -2.43. The van der Waals surface area contributed by atoms with Crippen LogP contribution in [0, 0.1) is 6.92 Å². The van der Waals surface area contributed by atoms with E-state index in [1.165, 1.54) is 12.1 Å². The SMILES string of the molecule is [CH2]c1ccc(C2=NCC(c3cc(Cl)c(Cl)c(Cl)c3)(C(F)(F)F)C2)cc1Br. The summed E-state index contributed by atoms with van der Waals surface area (Å²) in [5.74, 6) is 0. The molecule has 0 saturated heterocycles. The number of rotatable bonds is 2. The maximum atomic E-state index is 14.1. The first kappa shape index (κ1) is 20.0. The summed E-state index contributed by atoms with van der Waals surface area (Å²) in [6, 6.07) is 7.59. The average Bonchev–Trinajstić information content (AvgIpc) is 3.01. The molecule has 0 spiro atoms. The highest BCUT2D eigenvalue weighted by Crippen LogP contribution is 2.49. The molecule has 0 N–H and O–H groups in total. The Morgan fingerprint density at radius 3 is 2.23 bits per heavy atom. The van der Waals surface area contributed by atoms with Gasteiger partial charge in [0.15, 0.2) is 0 Å². The van der Waals surface area contributed by atoms with Crippen molar-refractivity contribution in [3.05, 3.63) is 73.5 Å². The van der Waals surface area contributed by atoms with E-state index in [9.17, 15) is 13.2 Å². The van der Waals surface area contributed by atoms with Crippen molar-refractivity contribution in [2.75, 3.05) is 6.54 Å². The maximum Gasteiger partial charge on any atom is 0.400 e. The van der Waals surface area contributed by atoms with Crippen LogP contribution < -0.4 is 0 Å². The van der Waals surface area contributed by atoms with Gasteiger partial charge in [-0.1, -0.05) is 62.9 Å². The summed E-state index contributed by atoms with van der Waals surface area (Å²) in [5, 5.41) is -0.00527. The van der Waals surface area contributed by atoms with Crippen LogP contribution in [0.25, 0.3) is 0 Å². The van der Waals surface area contributed by atoms with E-state index in [-0.39, 0.29) is 27.1 Å². The van der Waals surface area contributed by atoms with E-state index in [0.29, 0.717) is 15.7 Å². The van der Waals surface area contributed by atoms with Crippen LogP contribution in [0.5, 0.6) is 0 Å². The Morgan fingerprint density at radius 1 is 1.08 bits per heavy atom. The number of nitrogens with zero attached hydrogens (tertiary/aromatic N) is 1. The van der Waals surface area contributed by atoms with Gasteiger partial charge < -0.3 is 0 Å². The Morgan fingerprint density at radius 2 is 1.69 bits per heavy atom. The molecule has 1 unspecified atom stereocenters. The van der Waals surface area contributed by atoms with Crippen molar-refractivity contribution in [1.29, 1.82) is 0 Å². The zero-order valence-corrected chi connectivity index (χ0v) is 17.0. The summed E-state index contributed by atoms with van der Waals surface area (Å²) in [5.41, 5.74) is -0.524. The molecular weight excluding hydrogens is 473 g/mol. The second kappa shape index (κ2) is 7.01. The Labute approximate surface area is 172 Å². The largest absolute Gasteiger partial charge is 0.400 e. The van der Waals surface area contributed by atoms with Gasteiger partial charge in [0, 0.05) is 16.6 Å². The third-order valence-electron chi connectivity index (χ3n) is 4.47. The number of halogens is 7. The average molecular weight is 485 g/mol. The molecule has 8 heteroatoms. The minimum Gasteiger partial charge on any atom is -0.288 e. The van der Waals surface area contributed by atoms with E-state index in [1.807, 2.05) is 0 Å². The molecule has 1 atom stereocenters. The van der Waals surface area contributed by atoms with Gasteiger partial charge in [0.2, 0.25) is 0 Å². The number of benzene rings is 2. The molecule has 0 amide bonds. The Bertz CT molecular complexity index is 888. The van der Waals surface area contributed by atoms with Gasteiger partial charge in [-0.05, 0) is 41.8 Å². The van der Waals surface area contributed by atoms with Crippen LogP contribution in [-0.2, 0) is 5.41 Å². The molecule has 137 valence electrons. The van der Waals surface area contributed by atoms with Crippen molar-refractivity contribution < 1.29 is 13.2 Å². The molecule has 1 nitrogen and oxygen atoms in total. The van der Waals surface area contributed by atoms with Gasteiger partial charge in [-0.2, -0.15) is 13.2 Å². The number of alkyl halides is 3. The van der Waals surface area contributed by atoms with E-state index in [0.717, 1.165) is 5.56 Å². The zero-order valence-electron chi connectivity index (χ0n) is 13.1. The molecule has 0 bridgehead atoms. The standard InChI is InChI=1S/C18H11BrCl3F3N/c1-9-2-3-10(4-12(9)19)15-7-17(8-26-15,18(23,24)25)11-5-13(20)16(22)14(21)6-11/h2-6H,1,7-8H2. The van der Waals surface area contributed by atoms with E-state index in [2.05, 4.69) is 27.8 Å². The van der Waals surface area contributed by atoms with Gasteiger partial charge in [0.25, 0.3) is 0 Å². The molecule has 0 aromatic heterocycles. The second-order valence-electron chi connectivity index (χ2n) is 6.08. The van der Waals surface area contributed by atoms with Gasteiger partial charge >= 0.3 is 6.18 Å². The van der Waals surface area contributed by atoms with Crippen LogP contribution in [-0.4, -0.2) is 18.4 Å². The molecule has 1 radical (unpaired) electrons. The van der Waals surface area contributed by atoms with Gasteiger partial charge in [-0.25, -0.2) is 0 Å². The van der Waals surface area contributed by atoms with E-state index < -0.39 is 18.1 Å². The van der Waals surface area contributed by atoms with Gasteiger partial charge in [0.05, 0.1) is 21.6 Å². The van der Waals surface area contributed by atoms with Crippen LogP contribution in [0.4, 0.5) is 13.2 Å². The molecule has 1 aliphatic rings. The summed E-state index contributed by atoms with van der Waals surface area (Å²) >= 11 is 21.2. The van der Waals surface area contributed by atoms with Crippen LogP contribution in [0.1, 0.15) is 23.1 Å². The molecule has 1 heterocycles. The van der Waals surface area contributed by atoms with Gasteiger partial charge in [0.1, 0.15) is 5.41 Å². The van der Waals surface area contributed by atoms with Crippen LogP contribution in [0.15, 0.2) is 39.8 Å². The Balaban J connectivity index is 2.06. The maximum absolute atomic E-state index is 14.1. The van der Waals surface area contributed by atoms with Crippen molar-refractivity contribution in [2.45, 2.75) is 18.0 Å². The topological polar surface area (TPSA) is 12.4 Å². The van der Waals surface area contributed by atoms with Crippen LogP contribution in [0.2, 0.25) is 15.1 Å². The molecule has 2 aromatic carbocycles. The van der Waals surface area contributed by atoms with E-state index >= 15 is 0 Å². The quantitative estimate of drug-likeness (QED) is 0.397. The van der Waals surface area contributed by atoms with Crippen LogP contribution >= 0.6 is 50.7 Å². The highest BCUT2D eigenvalue weighted by Gasteiger charge is 2.58. The van der Waals surface area contributed by atoms with Crippen molar-refractivity contribution in [3.63, 3.8) is 0 Å². The molecule has 0 fully saturated rings. The van der Waals surface area contributed by atoms with Gasteiger partial charge in [-0.3, -0.25) is 4.99 Å². The lowest BCUT2D eigenvalue weighted by Gasteiger charge is -2.32. The van der Waals surface area contributed by atoms with Gasteiger partial charge in [-0.15, -0.1) is 0 Å². The lowest BCUT2D eigenvalue weighted by molar-refractivity contribution is -0.183. The minimum atomic E-state index is -4.54. The summed E-state index contributed by atoms with van der Waals surface area (Å²) in [7, 11) is 0. The van der Waals surface area contributed by atoms with Crippen LogP contribution in [0.3, 0.4) is 0 Å². The molecular formula is C18H11BrCl3F3N. The van der Waals surface area contributed by atoms with E-state index in [1.54, 1.807) is 18.2 Å². The summed E-state index contributed by atoms with van der Waals surface area (Å²) in [4.78, 5) is 4.19. The van der Waals surface area contributed by atoms with Crippen molar-refractivity contribution in [3.8, 4) is 0 Å². The van der Waals surface area contributed by atoms with Crippen molar-refractivity contribution >= 4 is 56.4 Å². The normalized spacial score (nSPS) is 20.4. The van der Waals surface area contributed by atoms with E-state index in [4.69, 9.17) is 34.8 Å². The summed E-state index contributed by atoms with van der Waals surface area (Å²) < 4.78 is 43.0. The minimum absolute atomic E-state index is 0.0182. The first-order valence-electron chi connectivity index (χ1n) is 7.42. The first-order valence-corrected chi connectivity index (χ1v) is 9.35. The van der Waals surface area contributed by atoms with Crippen molar-refractivity contribution in [1.82, 2.24) is 0 Å². The summed E-state index contributed by atoms with van der Waals surface area (Å²) in [6.07, 6.45) is -4.85. The molecule has 0 aliphatic carbocycles. The lowest BCUT2D eigenvalue weighted by atomic mass is 9.76. The number of hydrogen-bond donors (Lipinski definition) is 0. The summed E-state index contributed by atoms with van der Waals surface area (Å²) in [6.45, 7) is 3.38. The molecule has 2 aromatic rings. The third kappa shape index (κ3) is 3.39. The number of hydrogen-bond acceptors (Lipinski definition) is 1. The Kier molecular flexibility index (Phi) is 5.39. The fourth-order valence-electron chi connectivity index (χ4n) is 2.93. The molecule has 26 heavy (non-hydrogen) atoms. The predicted molar refractivity (Wildman–Crippen MR) is 104 cm³/mol. The number of aliphatic imine (C=N–C) groups is 1. The smallest absolute Gasteiger partial charge is 0.288 e. The fraction of sp³-hybridized carbons (Fsp3) is 0.222. The monoisotopic (exact) mass is 482 g/mol. The molecule has 3 rings (SSSR count).